The lowest BCUT2D eigenvalue weighted by molar-refractivity contribution is -0.0352. The summed E-state index contributed by atoms with van der Waals surface area (Å²) in [5.74, 6) is 0. The summed E-state index contributed by atoms with van der Waals surface area (Å²) >= 11 is 0. The molecule has 3 heteroatoms. The van der Waals surface area contributed by atoms with Crippen molar-refractivity contribution in [3.63, 3.8) is 0 Å². The van der Waals surface area contributed by atoms with E-state index in [0.717, 1.165) is 6.54 Å². The van der Waals surface area contributed by atoms with Crippen molar-refractivity contribution in [2.45, 2.75) is 50.2 Å². The lowest BCUT2D eigenvalue weighted by Gasteiger charge is -2.23. The van der Waals surface area contributed by atoms with Gasteiger partial charge >= 0.3 is 0 Å². The molecule has 2 aliphatic rings. The van der Waals surface area contributed by atoms with E-state index in [4.69, 9.17) is 9.84 Å². The summed E-state index contributed by atoms with van der Waals surface area (Å²) in [6.45, 7) is 1.81. The Labute approximate surface area is 85.8 Å². The van der Waals surface area contributed by atoms with Crippen LogP contribution in [0.2, 0.25) is 0 Å². The Morgan fingerprint density at radius 2 is 2.07 bits per heavy atom. The van der Waals surface area contributed by atoms with Gasteiger partial charge in [0.25, 0.3) is 0 Å². The second-order valence-corrected chi connectivity index (χ2v) is 4.60. The van der Waals surface area contributed by atoms with Crippen molar-refractivity contribution in [1.29, 1.82) is 0 Å². The highest BCUT2D eigenvalue weighted by Crippen LogP contribution is 2.42. The molecule has 0 amide bonds. The van der Waals surface area contributed by atoms with Gasteiger partial charge in [-0.3, -0.25) is 0 Å². The molecule has 0 aromatic carbocycles. The van der Waals surface area contributed by atoms with Crippen LogP contribution in [0.4, 0.5) is 0 Å². The standard InChI is InChI=1S/C11H21NO2/c13-8-7-12-9-10-3-6-11(14-10)4-1-2-5-11/h10,12-13H,1-9H2. The maximum absolute atomic E-state index is 8.64. The Morgan fingerprint density at radius 1 is 1.29 bits per heavy atom. The van der Waals surface area contributed by atoms with E-state index in [1.54, 1.807) is 0 Å². The molecule has 0 aromatic heterocycles. The molecule has 14 heavy (non-hydrogen) atoms. The van der Waals surface area contributed by atoms with Crippen LogP contribution in [-0.2, 0) is 4.74 Å². The van der Waals surface area contributed by atoms with Crippen LogP contribution in [0.25, 0.3) is 0 Å². The lowest BCUT2D eigenvalue weighted by atomic mass is 9.98. The van der Waals surface area contributed by atoms with E-state index in [0.29, 0.717) is 12.6 Å². The molecule has 2 fully saturated rings. The zero-order chi connectivity index (χ0) is 9.86. The molecule has 1 saturated carbocycles. The quantitative estimate of drug-likeness (QED) is 0.665. The summed E-state index contributed by atoms with van der Waals surface area (Å²) in [5, 5.41) is 11.9. The zero-order valence-corrected chi connectivity index (χ0v) is 8.80. The molecule has 2 rings (SSSR count). The van der Waals surface area contributed by atoms with Gasteiger partial charge in [0.15, 0.2) is 0 Å². The van der Waals surface area contributed by atoms with E-state index in [1.807, 2.05) is 0 Å². The van der Waals surface area contributed by atoms with Gasteiger partial charge in [0, 0.05) is 13.1 Å². The van der Waals surface area contributed by atoms with Crippen molar-refractivity contribution < 1.29 is 9.84 Å². The minimum absolute atomic E-state index is 0.220. The minimum atomic E-state index is 0.220. The van der Waals surface area contributed by atoms with Gasteiger partial charge < -0.3 is 15.2 Å². The van der Waals surface area contributed by atoms with Gasteiger partial charge in [-0.05, 0) is 25.7 Å². The summed E-state index contributed by atoms with van der Waals surface area (Å²) in [5.41, 5.74) is 0.256. The number of hydrogen-bond donors (Lipinski definition) is 2. The van der Waals surface area contributed by atoms with Crippen molar-refractivity contribution in [3.05, 3.63) is 0 Å². The zero-order valence-electron chi connectivity index (χ0n) is 8.80. The Bertz CT molecular complexity index is 178. The second kappa shape index (κ2) is 4.60. The third-order valence-corrected chi connectivity index (χ3v) is 3.51. The van der Waals surface area contributed by atoms with Gasteiger partial charge in [0.05, 0.1) is 18.3 Å². The van der Waals surface area contributed by atoms with Crippen molar-refractivity contribution in [3.8, 4) is 0 Å². The highest BCUT2D eigenvalue weighted by molar-refractivity contribution is 4.93. The molecular weight excluding hydrogens is 178 g/mol. The van der Waals surface area contributed by atoms with Crippen molar-refractivity contribution in [2.24, 2.45) is 0 Å². The Hall–Kier alpha value is -0.120. The third-order valence-electron chi connectivity index (χ3n) is 3.51. The summed E-state index contributed by atoms with van der Waals surface area (Å²) in [6, 6.07) is 0. The van der Waals surface area contributed by atoms with Crippen LogP contribution in [0.1, 0.15) is 38.5 Å². The SMILES string of the molecule is OCCNCC1CCC2(CCCC2)O1. The predicted octanol–water partition coefficient (Wildman–Crippen LogP) is 1.06. The monoisotopic (exact) mass is 199 g/mol. The normalized spacial score (nSPS) is 30.2. The average Bonchev–Trinajstić information content (AvgIpc) is 2.79. The topological polar surface area (TPSA) is 41.5 Å². The van der Waals surface area contributed by atoms with E-state index in [2.05, 4.69) is 5.32 Å². The number of aliphatic hydroxyl groups excluding tert-OH is 1. The largest absolute Gasteiger partial charge is 0.395 e. The van der Waals surface area contributed by atoms with Crippen LogP contribution in [0.5, 0.6) is 0 Å². The fourth-order valence-corrected chi connectivity index (χ4v) is 2.77. The summed E-state index contributed by atoms with van der Waals surface area (Å²) in [7, 11) is 0. The average molecular weight is 199 g/mol. The first kappa shape index (κ1) is 10.4. The number of hydrogen-bond acceptors (Lipinski definition) is 3. The Balaban J connectivity index is 1.71. The van der Waals surface area contributed by atoms with E-state index in [1.165, 1.54) is 38.5 Å². The Morgan fingerprint density at radius 3 is 2.79 bits per heavy atom. The molecule has 0 aromatic rings. The van der Waals surface area contributed by atoms with Crippen LogP contribution in [0.15, 0.2) is 0 Å². The summed E-state index contributed by atoms with van der Waals surface area (Å²) in [6.07, 6.45) is 8.05. The van der Waals surface area contributed by atoms with Crippen LogP contribution in [-0.4, -0.2) is 36.5 Å². The molecule has 3 nitrogen and oxygen atoms in total. The van der Waals surface area contributed by atoms with E-state index in [-0.39, 0.29) is 12.2 Å². The molecular formula is C11H21NO2. The fraction of sp³-hybridized carbons (Fsp3) is 1.00. The molecule has 2 N–H and O–H groups in total. The number of nitrogens with one attached hydrogen (secondary N) is 1. The van der Waals surface area contributed by atoms with Gasteiger partial charge in [0.2, 0.25) is 0 Å². The van der Waals surface area contributed by atoms with E-state index in [9.17, 15) is 0 Å². The van der Waals surface area contributed by atoms with Gasteiger partial charge in [-0.2, -0.15) is 0 Å². The van der Waals surface area contributed by atoms with Gasteiger partial charge in [-0.1, -0.05) is 12.8 Å². The molecule has 1 atom stereocenters. The predicted molar refractivity (Wildman–Crippen MR) is 55.3 cm³/mol. The number of aliphatic hydroxyl groups is 1. The van der Waals surface area contributed by atoms with Crippen LogP contribution < -0.4 is 5.32 Å². The molecule has 1 aliphatic carbocycles. The van der Waals surface area contributed by atoms with E-state index < -0.39 is 0 Å². The fourth-order valence-electron chi connectivity index (χ4n) is 2.77. The lowest BCUT2D eigenvalue weighted by Crippen LogP contribution is -2.32. The first-order chi connectivity index (χ1) is 6.85. The first-order valence-corrected chi connectivity index (χ1v) is 5.84. The Kier molecular flexibility index (Phi) is 3.42. The number of rotatable bonds is 4. The highest BCUT2D eigenvalue weighted by atomic mass is 16.5. The smallest absolute Gasteiger partial charge is 0.0708 e. The highest BCUT2D eigenvalue weighted by Gasteiger charge is 2.41. The van der Waals surface area contributed by atoms with E-state index >= 15 is 0 Å². The number of ether oxygens (including phenoxy) is 1. The maximum Gasteiger partial charge on any atom is 0.0708 e. The second-order valence-electron chi connectivity index (χ2n) is 4.60. The first-order valence-electron chi connectivity index (χ1n) is 5.84. The van der Waals surface area contributed by atoms with Crippen molar-refractivity contribution in [1.82, 2.24) is 5.32 Å². The molecule has 0 bridgehead atoms. The maximum atomic E-state index is 8.64. The molecule has 1 spiro atoms. The van der Waals surface area contributed by atoms with Gasteiger partial charge in [0.1, 0.15) is 0 Å². The molecule has 1 unspecified atom stereocenters. The van der Waals surface area contributed by atoms with Crippen LogP contribution >= 0.6 is 0 Å². The third kappa shape index (κ3) is 2.27. The molecule has 1 heterocycles. The van der Waals surface area contributed by atoms with Crippen LogP contribution in [0, 0.1) is 0 Å². The van der Waals surface area contributed by atoms with Crippen LogP contribution in [0.3, 0.4) is 0 Å². The molecule has 82 valence electrons. The van der Waals surface area contributed by atoms with Crippen molar-refractivity contribution in [2.75, 3.05) is 19.7 Å². The van der Waals surface area contributed by atoms with Gasteiger partial charge in [-0.15, -0.1) is 0 Å². The molecule has 1 saturated heterocycles. The van der Waals surface area contributed by atoms with Gasteiger partial charge in [-0.25, -0.2) is 0 Å². The molecule has 1 aliphatic heterocycles. The van der Waals surface area contributed by atoms with Crippen molar-refractivity contribution >= 4 is 0 Å². The summed E-state index contributed by atoms with van der Waals surface area (Å²) < 4.78 is 6.11. The minimum Gasteiger partial charge on any atom is -0.395 e. The summed E-state index contributed by atoms with van der Waals surface area (Å²) in [4.78, 5) is 0. The molecule has 0 radical (unpaired) electrons.